The summed E-state index contributed by atoms with van der Waals surface area (Å²) in [7, 11) is 0. The summed E-state index contributed by atoms with van der Waals surface area (Å²) in [5.41, 5.74) is 2.68. The molecule has 10 heteroatoms. The zero-order chi connectivity index (χ0) is 19.5. The number of nitrogens with one attached hydrogen (secondary N) is 3. The van der Waals surface area contributed by atoms with Crippen LogP contribution in [0.15, 0.2) is 33.9 Å². The average molecular weight is 370 g/mol. The molecule has 7 nitrogen and oxygen atoms in total. The van der Waals surface area contributed by atoms with Crippen molar-refractivity contribution in [2.75, 3.05) is 5.73 Å². The van der Waals surface area contributed by atoms with Gasteiger partial charge in [0.05, 0.1) is 5.56 Å². The molecular weight excluding hydrogens is 353 g/mol. The molecule has 0 saturated carbocycles. The molecule has 0 saturated heterocycles. The monoisotopic (exact) mass is 370 g/mol. The van der Waals surface area contributed by atoms with Gasteiger partial charge in [-0.2, -0.15) is 13.2 Å². The number of nitrogen functional groups attached to an aromatic ring is 1. The molecule has 1 aromatic carbocycles. The maximum atomic E-state index is 12.7. The molecule has 1 aromatic heterocycles. The number of halogens is 3. The molecule has 140 valence electrons. The maximum absolute atomic E-state index is 12.7. The van der Waals surface area contributed by atoms with E-state index in [1.165, 1.54) is 6.07 Å². The quantitative estimate of drug-likeness (QED) is 0.636. The number of nitrogens with two attached hydrogens (primary N) is 1. The summed E-state index contributed by atoms with van der Waals surface area (Å²) in [5, 5.41) is 2.54. The summed E-state index contributed by atoms with van der Waals surface area (Å²) in [6, 6.07) is 4.50. The van der Waals surface area contributed by atoms with Crippen molar-refractivity contribution < 1.29 is 18.0 Å². The fourth-order valence-corrected chi connectivity index (χ4v) is 2.33. The van der Waals surface area contributed by atoms with Gasteiger partial charge in [-0.05, 0) is 31.4 Å². The van der Waals surface area contributed by atoms with Crippen molar-refractivity contribution in [3.05, 3.63) is 61.9 Å². The van der Waals surface area contributed by atoms with Gasteiger partial charge < -0.3 is 16.0 Å². The van der Waals surface area contributed by atoms with Gasteiger partial charge in [-0.1, -0.05) is 18.2 Å². The Labute approximate surface area is 145 Å². The fourth-order valence-electron chi connectivity index (χ4n) is 2.33. The van der Waals surface area contributed by atoms with Gasteiger partial charge in [0.15, 0.2) is 0 Å². The summed E-state index contributed by atoms with van der Waals surface area (Å²) < 4.78 is 38.1. The van der Waals surface area contributed by atoms with Gasteiger partial charge in [0.25, 0.3) is 11.5 Å². The number of benzene rings is 1. The van der Waals surface area contributed by atoms with Gasteiger partial charge in [0, 0.05) is 6.04 Å². The highest BCUT2D eigenvalue weighted by atomic mass is 19.4. The Morgan fingerprint density at radius 1 is 1.27 bits per heavy atom. The van der Waals surface area contributed by atoms with Crippen molar-refractivity contribution in [3.63, 3.8) is 0 Å². The number of carbonyl (C=O) groups is 1. The molecule has 2 rings (SSSR count). The van der Waals surface area contributed by atoms with Crippen molar-refractivity contribution in [3.8, 4) is 0 Å². The van der Waals surface area contributed by atoms with E-state index >= 15 is 0 Å². The molecule has 0 spiro atoms. The highest BCUT2D eigenvalue weighted by Gasteiger charge is 2.30. The number of rotatable bonds is 5. The standard InChI is InChI=1S/C16H17F3N4O3/c1-8(5-6-9-3-2-4-10(7-9)16(17,18)19)21-14(25)12-11(20)13(24)23-15(26)22-12/h2-4,7-8H,5-6,20H2,1H3,(H,21,25)(H2,22,23,24,26)/t8-/m1/s1. The first-order chi connectivity index (χ1) is 12.1. The second-order valence-electron chi connectivity index (χ2n) is 5.81. The van der Waals surface area contributed by atoms with Crippen molar-refractivity contribution >= 4 is 11.6 Å². The molecule has 0 aliphatic heterocycles. The Kier molecular flexibility index (Phi) is 5.53. The lowest BCUT2D eigenvalue weighted by Crippen LogP contribution is -2.37. The number of hydrogen-bond acceptors (Lipinski definition) is 4. The van der Waals surface area contributed by atoms with E-state index in [2.05, 4.69) is 10.3 Å². The highest BCUT2D eigenvalue weighted by Crippen LogP contribution is 2.29. The van der Waals surface area contributed by atoms with Gasteiger partial charge in [-0.3, -0.25) is 14.6 Å². The summed E-state index contributed by atoms with van der Waals surface area (Å²) in [6.45, 7) is 1.65. The first kappa shape index (κ1) is 19.3. The number of carbonyl (C=O) groups excluding carboxylic acids is 1. The zero-order valence-electron chi connectivity index (χ0n) is 13.7. The molecule has 1 atom stereocenters. The lowest BCUT2D eigenvalue weighted by molar-refractivity contribution is -0.137. The number of alkyl halides is 3. The van der Waals surface area contributed by atoms with Crippen molar-refractivity contribution in [2.45, 2.75) is 32.0 Å². The van der Waals surface area contributed by atoms with E-state index in [-0.39, 0.29) is 5.69 Å². The molecular formula is C16H17F3N4O3. The lowest BCUT2D eigenvalue weighted by Gasteiger charge is -2.15. The molecule has 5 N–H and O–H groups in total. The SMILES string of the molecule is C[C@H](CCc1cccc(C(F)(F)F)c1)NC(=O)c1[nH]c(=O)[nH]c(=O)c1N. The van der Waals surface area contributed by atoms with Crippen LogP contribution in [-0.2, 0) is 12.6 Å². The smallest absolute Gasteiger partial charge is 0.392 e. The molecule has 0 radical (unpaired) electrons. The van der Waals surface area contributed by atoms with Crippen molar-refractivity contribution in [2.24, 2.45) is 0 Å². The van der Waals surface area contributed by atoms with Crippen LogP contribution in [0.1, 0.15) is 35.0 Å². The summed E-state index contributed by atoms with van der Waals surface area (Å²) in [4.78, 5) is 38.8. The summed E-state index contributed by atoms with van der Waals surface area (Å²) >= 11 is 0. The maximum Gasteiger partial charge on any atom is 0.416 e. The third-order valence-corrected chi connectivity index (χ3v) is 3.70. The van der Waals surface area contributed by atoms with Gasteiger partial charge in [0.1, 0.15) is 11.4 Å². The molecule has 0 bridgehead atoms. The van der Waals surface area contributed by atoms with Crippen LogP contribution in [-0.4, -0.2) is 21.9 Å². The van der Waals surface area contributed by atoms with Crippen LogP contribution in [0.25, 0.3) is 0 Å². The minimum absolute atomic E-state index is 0.298. The first-order valence-corrected chi connectivity index (χ1v) is 7.67. The van der Waals surface area contributed by atoms with Crippen LogP contribution < -0.4 is 22.3 Å². The fraction of sp³-hybridized carbons (Fsp3) is 0.312. The van der Waals surface area contributed by atoms with Crippen molar-refractivity contribution in [1.82, 2.24) is 15.3 Å². The Hall–Kier alpha value is -3.04. The Morgan fingerprint density at radius 3 is 2.62 bits per heavy atom. The van der Waals surface area contributed by atoms with E-state index < -0.39 is 40.6 Å². The topological polar surface area (TPSA) is 121 Å². The van der Waals surface area contributed by atoms with Crippen LogP contribution in [0.3, 0.4) is 0 Å². The number of hydrogen-bond donors (Lipinski definition) is 4. The number of H-pyrrole nitrogens is 2. The largest absolute Gasteiger partial charge is 0.416 e. The molecule has 26 heavy (non-hydrogen) atoms. The second-order valence-corrected chi connectivity index (χ2v) is 5.81. The molecule has 2 aromatic rings. The number of aryl methyl sites for hydroxylation is 1. The van der Waals surface area contributed by atoms with Gasteiger partial charge >= 0.3 is 11.9 Å². The van der Waals surface area contributed by atoms with E-state index in [4.69, 9.17) is 5.73 Å². The van der Waals surface area contributed by atoms with Gasteiger partial charge in [0.2, 0.25) is 0 Å². The van der Waals surface area contributed by atoms with Crippen LogP contribution in [0.4, 0.5) is 18.9 Å². The summed E-state index contributed by atoms with van der Waals surface area (Å²) in [5.74, 6) is -0.748. The molecule has 0 aliphatic carbocycles. The van der Waals surface area contributed by atoms with E-state index in [0.29, 0.717) is 18.4 Å². The predicted octanol–water partition coefficient (Wildman–Crippen LogP) is 1.42. The number of aromatic amines is 2. The van der Waals surface area contributed by atoms with E-state index in [9.17, 15) is 27.6 Å². The average Bonchev–Trinajstić information content (AvgIpc) is 2.55. The van der Waals surface area contributed by atoms with Crippen LogP contribution in [0.2, 0.25) is 0 Å². The Balaban J connectivity index is 2.01. The molecule has 1 amide bonds. The zero-order valence-corrected chi connectivity index (χ0v) is 13.7. The second kappa shape index (κ2) is 7.46. The Morgan fingerprint density at radius 2 is 1.96 bits per heavy atom. The number of anilines is 1. The molecule has 0 aliphatic rings. The molecule has 0 unspecified atom stereocenters. The highest BCUT2D eigenvalue weighted by molar-refractivity contribution is 5.96. The van der Waals surface area contributed by atoms with Crippen LogP contribution >= 0.6 is 0 Å². The van der Waals surface area contributed by atoms with E-state index in [1.807, 2.05) is 4.98 Å². The minimum atomic E-state index is -4.42. The number of amides is 1. The molecule has 1 heterocycles. The van der Waals surface area contributed by atoms with Crippen molar-refractivity contribution in [1.29, 1.82) is 0 Å². The van der Waals surface area contributed by atoms with Gasteiger partial charge in [-0.25, -0.2) is 4.79 Å². The predicted molar refractivity (Wildman–Crippen MR) is 88.8 cm³/mol. The first-order valence-electron chi connectivity index (χ1n) is 7.67. The third kappa shape index (κ3) is 4.74. The van der Waals surface area contributed by atoms with Crippen LogP contribution in [0, 0.1) is 0 Å². The molecule has 0 fully saturated rings. The van der Waals surface area contributed by atoms with E-state index in [1.54, 1.807) is 13.0 Å². The number of aromatic nitrogens is 2. The lowest BCUT2D eigenvalue weighted by atomic mass is 10.0. The summed E-state index contributed by atoms with van der Waals surface area (Å²) in [6.07, 6.45) is -3.77. The van der Waals surface area contributed by atoms with E-state index in [0.717, 1.165) is 12.1 Å². The third-order valence-electron chi connectivity index (χ3n) is 3.70. The van der Waals surface area contributed by atoms with Gasteiger partial charge in [-0.15, -0.1) is 0 Å². The normalized spacial score (nSPS) is 12.6. The van der Waals surface area contributed by atoms with Crippen LogP contribution in [0.5, 0.6) is 0 Å². The Bertz CT molecular complexity index is 918. The minimum Gasteiger partial charge on any atom is -0.392 e.